The number of carbonyl (C=O) groups is 2. The van der Waals surface area contributed by atoms with Gasteiger partial charge in [-0.15, -0.1) is 0 Å². The first-order chi connectivity index (χ1) is 12.2. The Morgan fingerprint density at radius 3 is 2.80 bits per heavy atom. The molecule has 1 saturated heterocycles. The molecule has 0 aliphatic carbocycles. The molecule has 2 heterocycles. The Morgan fingerprint density at radius 2 is 2.04 bits per heavy atom. The van der Waals surface area contributed by atoms with E-state index in [0.717, 1.165) is 32.8 Å². The molecule has 7 nitrogen and oxygen atoms in total. The van der Waals surface area contributed by atoms with Gasteiger partial charge < -0.3 is 14.8 Å². The van der Waals surface area contributed by atoms with Crippen molar-refractivity contribution in [3.63, 3.8) is 0 Å². The van der Waals surface area contributed by atoms with Crippen LogP contribution in [0.3, 0.4) is 0 Å². The molecule has 3 rings (SSSR count). The lowest BCUT2D eigenvalue weighted by Gasteiger charge is -2.33. The van der Waals surface area contributed by atoms with Gasteiger partial charge in [0.15, 0.2) is 6.10 Å². The van der Waals surface area contributed by atoms with E-state index < -0.39 is 6.10 Å². The lowest BCUT2D eigenvalue weighted by molar-refractivity contribution is -0.129. The molecule has 1 aromatic rings. The third-order valence-corrected chi connectivity index (χ3v) is 4.49. The first-order valence-corrected chi connectivity index (χ1v) is 8.83. The molecule has 1 aromatic carbocycles. The van der Waals surface area contributed by atoms with E-state index in [0.29, 0.717) is 24.4 Å². The van der Waals surface area contributed by atoms with Crippen LogP contribution < -0.4 is 15.0 Å². The Morgan fingerprint density at radius 1 is 1.28 bits per heavy atom. The third kappa shape index (κ3) is 4.29. The fourth-order valence-electron chi connectivity index (χ4n) is 3.07. The van der Waals surface area contributed by atoms with E-state index in [-0.39, 0.29) is 18.4 Å². The number of hydrogen-bond acceptors (Lipinski definition) is 5. The van der Waals surface area contributed by atoms with E-state index in [1.165, 1.54) is 4.90 Å². The molecule has 136 valence electrons. The molecule has 0 aromatic heterocycles. The van der Waals surface area contributed by atoms with Gasteiger partial charge in [0.25, 0.3) is 5.91 Å². The SMILES string of the molecule is CC[C@H]1Oc2ccccc2N(CC(=O)NCCN2CCOCC2)C1=O. The number of nitrogens with one attached hydrogen (secondary N) is 1. The molecule has 2 amide bonds. The van der Waals surface area contributed by atoms with E-state index in [1.54, 1.807) is 6.07 Å². The highest BCUT2D eigenvalue weighted by Crippen LogP contribution is 2.34. The van der Waals surface area contributed by atoms with Crippen LogP contribution in [-0.2, 0) is 14.3 Å². The standard InChI is InChI=1S/C18H25N3O4/c1-2-15-18(23)21(14-5-3-4-6-16(14)25-15)13-17(22)19-7-8-20-9-11-24-12-10-20/h3-6,15H,2,7-13H2,1H3,(H,19,22)/t15-/m1/s1. The van der Waals surface area contributed by atoms with Gasteiger partial charge in [0.05, 0.1) is 18.9 Å². The zero-order valence-electron chi connectivity index (χ0n) is 14.6. The van der Waals surface area contributed by atoms with Crippen LogP contribution in [0, 0.1) is 0 Å². The van der Waals surface area contributed by atoms with Gasteiger partial charge in [0.2, 0.25) is 5.91 Å². The summed E-state index contributed by atoms with van der Waals surface area (Å²) in [5.41, 5.74) is 0.653. The van der Waals surface area contributed by atoms with Crippen LogP contribution >= 0.6 is 0 Å². The van der Waals surface area contributed by atoms with Crippen LogP contribution in [0.15, 0.2) is 24.3 Å². The highest BCUT2D eigenvalue weighted by molar-refractivity contribution is 6.03. The molecule has 0 radical (unpaired) electrons. The van der Waals surface area contributed by atoms with Crippen LogP contribution in [0.2, 0.25) is 0 Å². The maximum atomic E-state index is 12.6. The normalized spacial score (nSPS) is 20.8. The summed E-state index contributed by atoms with van der Waals surface area (Å²) >= 11 is 0. The van der Waals surface area contributed by atoms with E-state index >= 15 is 0 Å². The van der Waals surface area contributed by atoms with Crippen molar-refractivity contribution in [2.45, 2.75) is 19.4 Å². The monoisotopic (exact) mass is 347 g/mol. The first kappa shape index (κ1) is 17.7. The van der Waals surface area contributed by atoms with Gasteiger partial charge in [-0.05, 0) is 18.6 Å². The van der Waals surface area contributed by atoms with Crippen LogP contribution in [0.4, 0.5) is 5.69 Å². The van der Waals surface area contributed by atoms with E-state index in [1.807, 2.05) is 25.1 Å². The van der Waals surface area contributed by atoms with Crippen molar-refractivity contribution in [1.82, 2.24) is 10.2 Å². The predicted octanol–water partition coefficient (Wildman–Crippen LogP) is 0.639. The minimum atomic E-state index is -0.531. The molecule has 0 bridgehead atoms. The molecule has 7 heteroatoms. The number of ether oxygens (including phenoxy) is 2. The molecule has 1 atom stereocenters. The van der Waals surface area contributed by atoms with Crippen molar-refractivity contribution in [2.24, 2.45) is 0 Å². The minimum absolute atomic E-state index is 0.0127. The van der Waals surface area contributed by atoms with Gasteiger partial charge >= 0.3 is 0 Å². The van der Waals surface area contributed by atoms with Gasteiger partial charge in [0, 0.05) is 26.2 Å². The van der Waals surface area contributed by atoms with E-state index in [9.17, 15) is 9.59 Å². The molecule has 0 saturated carbocycles. The van der Waals surface area contributed by atoms with Gasteiger partial charge in [-0.1, -0.05) is 19.1 Å². The number of hydrogen-bond donors (Lipinski definition) is 1. The number of morpholine rings is 1. The number of rotatable bonds is 6. The second kappa shape index (κ2) is 8.31. The highest BCUT2D eigenvalue weighted by Gasteiger charge is 2.34. The Labute approximate surface area is 147 Å². The van der Waals surface area contributed by atoms with Crippen LogP contribution in [0.25, 0.3) is 0 Å². The Bertz CT molecular complexity index is 616. The lowest BCUT2D eigenvalue weighted by Crippen LogP contribution is -2.50. The second-order valence-electron chi connectivity index (χ2n) is 6.21. The van der Waals surface area contributed by atoms with Gasteiger partial charge in [-0.25, -0.2) is 0 Å². The first-order valence-electron chi connectivity index (χ1n) is 8.83. The quantitative estimate of drug-likeness (QED) is 0.818. The molecular formula is C18H25N3O4. The third-order valence-electron chi connectivity index (χ3n) is 4.49. The largest absolute Gasteiger partial charge is 0.478 e. The van der Waals surface area contributed by atoms with E-state index in [4.69, 9.17) is 9.47 Å². The number of nitrogens with zero attached hydrogens (tertiary/aromatic N) is 2. The van der Waals surface area contributed by atoms with Crippen molar-refractivity contribution < 1.29 is 19.1 Å². The fraction of sp³-hybridized carbons (Fsp3) is 0.556. The Balaban J connectivity index is 1.56. The average Bonchev–Trinajstić information content (AvgIpc) is 2.64. The molecule has 1 N–H and O–H groups in total. The summed E-state index contributed by atoms with van der Waals surface area (Å²) in [7, 11) is 0. The van der Waals surface area contributed by atoms with Crippen molar-refractivity contribution in [2.75, 3.05) is 50.8 Å². The van der Waals surface area contributed by atoms with Crippen molar-refractivity contribution in [3.05, 3.63) is 24.3 Å². The van der Waals surface area contributed by atoms with Crippen LogP contribution in [0.5, 0.6) is 5.75 Å². The zero-order valence-corrected chi connectivity index (χ0v) is 14.6. The van der Waals surface area contributed by atoms with Gasteiger partial charge in [-0.2, -0.15) is 0 Å². The fourth-order valence-corrected chi connectivity index (χ4v) is 3.07. The molecule has 25 heavy (non-hydrogen) atoms. The molecule has 1 fully saturated rings. The molecule has 0 spiro atoms. The molecular weight excluding hydrogens is 322 g/mol. The summed E-state index contributed by atoms with van der Waals surface area (Å²) in [6.45, 7) is 6.54. The summed E-state index contributed by atoms with van der Waals surface area (Å²) in [6.07, 6.45) is 0.0403. The summed E-state index contributed by atoms with van der Waals surface area (Å²) < 4.78 is 11.0. The van der Waals surface area contributed by atoms with Crippen LogP contribution in [0.1, 0.15) is 13.3 Å². The summed E-state index contributed by atoms with van der Waals surface area (Å²) in [5, 5.41) is 2.91. The Hall–Kier alpha value is -2.12. The number of carbonyl (C=O) groups excluding carboxylic acids is 2. The lowest BCUT2D eigenvalue weighted by atomic mass is 10.1. The smallest absolute Gasteiger partial charge is 0.268 e. The number of amides is 2. The van der Waals surface area contributed by atoms with Gasteiger partial charge in [0.1, 0.15) is 12.3 Å². The summed E-state index contributed by atoms with van der Waals surface area (Å²) in [6, 6.07) is 7.33. The Kier molecular flexibility index (Phi) is 5.88. The van der Waals surface area contributed by atoms with Crippen molar-refractivity contribution in [3.8, 4) is 5.75 Å². The molecule has 0 unspecified atom stereocenters. The summed E-state index contributed by atoms with van der Waals surface area (Å²) in [5.74, 6) is 0.327. The predicted molar refractivity (Wildman–Crippen MR) is 93.8 cm³/mol. The minimum Gasteiger partial charge on any atom is -0.478 e. The number of para-hydroxylation sites is 2. The van der Waals surface area contributed by atoms with E-state index in [2.05, 4.69) is 10.2 Å². The summed E-state index contributed by atoms with van der Waals surface area (Å²) in [4.78, 5) is 28.7. The van der Waals surface area contributed by atoms with Crippen LogP contribution in [-0.4, -0.2) is 68.8 Å². The maximum absolute atomic E-state index is 12.6. The molecule has 2 aliphatic heterocycles. The molecule has 2 aliphatic rings. The second-order valence-corrected chi connectivity index (χ2v) is 6.21. The van der Waals surface area contributed by atoms with Gasteiger partial charge in [-0.3, -0.25) is 19.4 Å². The number of fused-ring (bicyclic) bond motifs is 1. The van der Waals surface area contributed by atoms with Crippen molar-refractivity contribution in [1.29, 1.82) is 0 Å². The zero-order chi connectivity index (χ0) is 17.6. The average molecular weight is 347 g/mol. The number of benzene rings is 1. The van der Waals surface area contributed by atoms with Crippen molar-refractivity contribution >= 4 is 17.5 Å². The highest BCUT2D eigenvalue weighted by atomic mass is 16.5. The number of anilines is 1. The maximum Gasteiger partial charge on any atom is 0.268 e. The topological polar surface area (TPSA) is 71.1 Å².